The third kappa shape index (κ3) is 4.78. The Morgan fingerprint density at radius 2 is 1.86 bits per heavy atom. The summed E-state index contributed by atoms with van der Waals surface area (Å²) in [5, 5.41) is 7.72. The van der Waals surface area contributed by atoms with E-state index >= 15 is 0 Å². The van der Waals surface area contributed by atoms with Gasteiger partial charge in [0.2, 0.25) is 5.95 Å². The highest BCUT2D eigenvalue weighted by molar-refractivity contribution is 8.05. The van der Waals surface area contributed by atoms with Crippen LogP contribution in [0.1, 0.15) is 32.1 Å². The molecule has 29 heavy (non-hydrogen) atoms. The highest BCUT2D eigenvalue weighted by Crippen LogP contribution is 2.35. The minimum atomic E-state index is -0.00954. The van der Waals surface area contributed by atoms with Crippen molar-refractivity contribution in [3.8, 4) is 0 Å². The van der Waals surface area contributed by atoms with E-state index in [1.54, 1.807) is 0 Å². The Bertz CT molecular complexity index is 926. The number of amides is 1. The summed E-state index contributed by atoms with van der Waals surface area (Å²) in [5.41, 5.74) is 0.939. The number of aromatic nitrogens is 2. The second kappa shape index (κ2) is 8.79. The van der Waals surface area contributed by atoms with Crippen LogP contribution in [0.4, 0.5) is 11.8 Å². The van der Waals surface area contributed by atoms with E-state index in [1.807, 2.05) is 49.3 Å². The summed E-state index contributed by atoms with van der Waals surface area (Å²) in [7, 11) is 3.99. The maximum Gasteiger partial charge on any atom is 0.257 e. The molecule has 1 amide bonds. The first-order chi connectivity index (χ1) is 14.0. The lowest BCUT2D eigenvalue weighted by Crippen LogP contribution is -2.40. The van der Waals surface area contributed by atoms with Crippen LogP contribution < -0.4 is 15.5 Å². The first-order valence-electron chi connectivity index (χ1n) is 10.0. The van der Waals surface area contributed by atoms with Crippen LogP contribution in [-0.2, 0) is 4.79 Å². The van der Waals surface area contributed by atoms with Crippen molar-refractivity contribution in [2.45, 2.75) is 48.9 Å². The summed E-state index contributed by atoms with van der Waals surface area (Å²) >= 11 is 7.52. The minimum Gasteiger partial charge on any atom is -0.362 e. The molecule has 6 nitrogen and oxygen atoms in total. The van der Waals surface area contributed by atoms with Crippen molar-refractivity contribution in [3.63, 3.8) is 0 Å². The van der Waals surface area contributed by atoms with Gasteiger partial charge in [-0.05, 0) is 44.2 Å². The second-order valence-corrected chi connectivity index (χ2v) is 9.81. The van der Waals surface area contributed by atoms with Gasteiger partial charge in [0, 0.05) is 31.6 Å². The van der Waals surface area contributed by atoms with E-state index in [9.17, 15) is 4.79 Å². The van der Waals surface area contributed by atoms with Gasteiger partial charge in [-0.3, -0.25) is 4.79 Å². The van der Waals surface area contributed by atoms with Crippen molar-refractivity contribution in [2.24, 2.45) is 0 Å². The topological polar surface area (TPSA) is 70.2 Å². The summed E-state index contributed by atoms with van der Waals surface area (Å²) in [5.74, 6) is 1.60. The first-order valence-corrected chi connectivity index (χ1v) is 11.3. The van der Waals surface area contributed by atoms with Crippen LogP contribution in [0.2, 0.25) is 0 Å². The number of rotatable bonds is 5. The van der Waals surface area contributed by atoms with Crippen molar-refractivity contribution in [2.75, 3.05) is 24.3 Å². The zero-order chi connectivity index (χ0) is 20.4. The number of thioether (sulfide) groups is 1. The average molecular weight is 432 g/mol. The van der Waals surface area contributed by atoms with Crippen LogP contribution in [0.15, 0.2) is 35.2 Å². The molecule has 0 spiro atoms. The fraction of sp³-hybridized carbons (Fsp3) is 0.476. The Morgan fingerprint density at radius 1 is 1.14 bits per heavy atom. The molecule has 2 heterocycles. The summed E-state index contributed by atoms with van der Waals surface area (Å²) in [6.45, 7) is 0. The average Bonchev–Trinajstić information content (AvgIpc) is 3.15. The molecule has 1 saturated carbocycles. The number of nitrogens with one attached hydrogen (secondary N) is 2. The standard InChI is InChI=1S/C21H26ClN5OS/c1-27(2)19-15-5-3-4-6-16(15)25-21(26-19)24-14-9-7-13(8-10-14)23-20(28)17-11-12-18(22)29-17/h3-6,11,13-14,18H,7-10,12H2,1-2H3,(H,23,28)(H,24,25,26)/t13-,14+,18?. The van der Waals surface area contributed by atoms with Gasteiger partial charge in [-0.15, -0.1) is 23.4 Å². The lowest BCUT2D eigenvalue weighted by atomic mass is 9.91. The quantitative estimate of drug-likeness (QED) is 0.694. The molecule has 2 aliphatic rings. The van der Waals surface area contributed by atoms with E-state index < -0.39 is 0 Å². The van der Waals surface area contributed by atoms with Gasteiger partial charge in [-0.25, -0.2) is 4.98 Å². The smallest absolute Gasteiger partial charge is 0.257 e. The molecule has 0 saturated heterocycles. The molecule has 0 bridgehead atoms. The molecule has 1 aliphatic carbocycles. The number of benzene rings is 1. The Morgan fingerprint density at radius 3 is 2.55 bits per heavy atom. The third-order valence-corrected chi connectivity index (χ3v) is 6.87. The number of carbonyl (C=O) groups is 1. The van der Waals surface area contributed by atoms with E-state index in [4.69, 9.17) is 21.6 Å². The maximum absolute atomic E-state index is 12.4. The number of para-hydroxylation sites is 1. The minimum absolute atomic E-state index is 0.00954. The number of fused-ring (bicyclic) bond motifs is 1. The van der Waals surface area contributed by atoms with Gasteiger partial charge in [0.05, 0.1) is 15.1 Å². The van der Waals surface area contributed by atoms with Crippen LogP contribution in [0, 0.1) is 0 Å². The summed E-state index contributed by atoms with van der Waals surface area (Å²) < 4.78 is -0.00954. The van der Waals surface area contributed by atoms with Gasteiger partial charge < -0.3 is 15.5 Å². The molecule has 8 heteroatoms. The van der Waals surface area contributed by atoms with E-state index in [2.05, 4.69) is 10.6 Å². The lowest BCUT2D eigenvalue weighted by Gasteiger charge is -2.30. The Labute approximate surface area is 180 Å². The van der Waals surface area contributed by atoms with Crippen LogP contribution in [0.5, 0.6) is 0 Å². The van der Waals surface area contributed by atoms with Gasteiger partial charge in [0.15, 0.2) is 0 Å². The lowest BCUT2D eigenvalue weighted by molar-refractivity contribution is -0.117. The Hall–Kier alpha value is -1.99. The fourth-order valence-electron chi connectivity index (χ4n) is 3.87. The molecule has 1 aromatic heterocycles. The highest BCUT2D eigenvalue weighted by atomic mass is 35.5. The van der Waals surface area contributed by atoms with Gasteiger partial charge in [0.25, 0.3) is 5.91 Å². The fourth-order valence-corrected chi connectivity index (χ4v) is 5.07. The van der Waals surface area contributed by atoms with Gasteiger partial charge >= 0.3 is 0 Å². The van der Waals surface area contributed by atoms with Gasteiger partial charge in [-0.2, -0.15) is 4.98 Å². The molecule has 2 N–H and O–H groups in total. The summed E-state index contributed by atoms with van der Waals surface area (Å²) in [6, 6.07) is 8.60. The highest BCUT2D eigenvalue weighted by Gasteiger charge is 2.26. The number of anilines is 2. The number of allylic oxidation sites excluding steroid dienone is 1. The number of carbonyl (C=O) groups excluding carboxylic acids is 1. The monoisotopic (exact) mass is 431 g/mol. The first kappa shape index (κ1) is 20.3. The predicted molar refractivity (Wildman–Crippen MR) is 122 cm³/mol. The van der Waals surface area contributed by atoms with Crippen molar-refractivity contribution >= 4 is 51.9 Å². The number of halogens is 1. The van der Waals surface area contributed by atoms with Crippen LogP contribution >= 0.6 is 23.4 Å². The van der Waals surface area contributed by atoms with Crippen molar-refractivity contribution in [3.05, 3.63) is 35.2 Å². The van der Waals surface area contributed by atoms with Crippen molar-refractivity contribution < 1.29 is 4.79 Å². The normalized spacial score (nSPS) is 24.2. The zero-order valence-electron chi connectivity index (χ0n) is 16.7. The Kier molecular flexibility index (Phi) is 6.15. The predicted octanol–water partition coefficient (Wildman–Crippen LogP) is 4.12. The largest absolute Gasteiger partial charge is 0.362 e. The second-order valence-electron chi connectivity index (χ2n) is 7.78. The van der Waals surface area contributed by atoms with Crippen molar-refractivity contribution in [1.82, 2.24) is 15.3 Å². The molecular weight excluding hydrogens is 406 g/mol. The third-order valence-electron chi connectivity index (χ3n) is 5.37. The van der Waals surface area contributed by atoms with E-state index in [0.717, 1.165) is 53.7 Å². The zero-order valence-corrected chi connectivity index (χ0v) is 18.3. The number of nitrogens with zero attached hydrogens (tertiary/aromatic N) is 3. The number of hydrogen-bond acceptors (Lipinski definition) is 6. The molecule has 2 aromatic rings. The summed E-state index contributed by atoms with van der Waals surface area (Å²) in [4.78, 5) is 24.6. The van der Waals surface area contributed by atoms with Gasteiger partial charge in [0.1, 0.15) is 5.82 Å². The molecule has 1 aromatic carbocycles. The number of alkyl halides is 1. The molecule has 0 radical (unpaired) electrons. The van der Waals surface area contributed by atoms with E-state index in [0.29, 0.717) is 12.0 Å². The molecule has 1 fully saturated rings. The SMILES string of the molecule is CN(C)c1nc(N[C@H]2CC[C@@H](NC(=O)C3=CCC(Cl)S3)CC2)nc2ccccc12. The molecule has 1 atom stereocenters. The molecular formula is C21H26ClN5OS. The Balaban J connectivity index is 1.36. The number of hydrogen-bond donors (Lipinski definition) is 2. The molecule has 154 valence electrons. The van der Waals surface area contributed by atoms with Crippen molar-refractivity contribution in [1.29, 1.82) is 0 Å². The summed E-state index contributed by atoms with van der Waals surface area (Å²) in [6.07, 6.45) is 6.53. The molecule has 1 aliphatic heterocycles. The van der Waals surface area contributed by atoms with E-state index in [1.165, 1.54) is 11.8 Å². The molecule has 1 unspecified atom stereocenters. The maximum atomic E-state index is 12.4. The van der Waals surface area contributed by atoms with Crippen LogP contribution in [0.25, 0.3) is 10.9 Å². The van der Waals surface area contributed by atoms with Crippen LogP contribution in [0.3, 0.4) is 0 Å². The van der Waals surface area contributed by atoms with Gasteiger partial charge in [-0.1, -0.05) is 18.2 Å². The van der Waals surface area contributed by atoms with Crippen LogP contribution in [-0.4, -0.2) is 46.8 Å². The van der Waals surface area contributed by atoms with E-state index in [-0.39, 0.29) is 16.7 Å². The molecule has 4 rings (SSSR count).